The van der Waals surface area contributed by atoms with Crippen molar-refractivity contribution in [3.63, 3.8) is 0 Å². The summed E-state index contributed by atoms with van der Waals surface area (Å²) in [5, 5.41) is 21.3. The lowest BCUT2D eigenvalue weighted by molar-refractivity contribution is -0.137. The molecule has 3 aromatic carbocycles. The van der Waals surface area contributed by atoms with E-state index in [0.717, 1.165) is 27.8 Å². The molecule has 0 unspecified atom stereocenters. The Morgan fingerprint density at radius 1 is 0.903 bits per heavy atom. The Hall–Kier alpha value is -3.80. The van der Waals surface area contributed by atoms with E-state index in [9.17, 15) is 19.8 Å². The molecule has 3 aromatic rings. The number of benzene rings is 3. The Labute approximate surface area is 180 Å². The van der Waals surface area contributed by atoms with Gasteiger partial charge < -0.3 is 20.3 Å². The van der Waals surface area contributed by atoms with Crippen LogP contribution in [0.25, 0.3) is 11.1 Å². The highest BCUT2D eigenvalue weighted by atomic mass is 16.5. The fourth-order valence-corrected chi connectivity index (χ4v) is 4.11. The van der Waals surface area contributed by atoms with Crippen LogP contribution in [0.2, 0.25) is 0 Å². The number of phenolic OH excluding ortho intramolecular Hbond substituents is 1. The lowest BCUT2D eigenvalue weighted by Gasteiger charge is -2.19. The number of ether oxygens (including phenoxy) is 1. The number of amides is 1. The maximum atomic E-state index is 12.5. The first-order valence-corrected chi connectivity index (χ1v) is 10.1. The summed E-state index contributed by atoms with van der Waals surface area (Å²) < 4.78 is 5.53. The maximum Gasteiger partial charge on any atom is 0.407 e. The molecule has 0 radical (unpaired) electrons. The number of alkyl carbamates (subject to hydrolysis) is 1. The standard InChI is InChI=1S/C25H23NO5/c27-18-11-9-16(10-12-18)13-17(14-24(28)29)26-25(30)31-15-23-21-7-3-1-5-19(21)20-6-2-4-8-22(20)23/h1-12,17,23,27H,13-15H2,(H,26,30)(H,28,29)/t17-/m1/s1. The van der Waals surface area contributed by atoms with Crippen molar-refractivity contribution >= 4 is 12.1 Å². The third-order valence-electron chi connectivity index (χ3n) is 5.51. The molecule has 0 heterocycles. The van der Waals surface area contributed by atoms with Gasteiger partial charge in [0.1, 0.15) is 12.4 Å². The van der Waals surface area contributed by atoms with Crippen molar-refractivity contribution in [3.05, 3.63) is 89.5 Å². The minimum atomic E-state index is -1.01. The molecule has 1 amide bonds. The average Bonchev–Trinajstić information content (AvgIpc) is 3.07. The fourth-order valence-electron chi connectivity index (χ4n) is 4.11. The summed E-state index contributed by atoms with van der Waals surface area (Å²) >= 11 is 0. The minimum absolute atomic E-state index is 0.0619. The van der Waals surface area contributed by atoms with Gasteiger partial charge in [-0.2, -0.15) is 0 Å². The summed E-state index contributed by atoms with van der Waals surface area (Å²) in [6.45, 7) is 0.166. The molecule has 1 atom stereocenters. The van der Waals surface area contributed by atoms with E-state index in [0.29, 0.717) is 6.42 Å². The van der Waals surface area contributed by atoms with Gasteiger partial charge >= 0.3 is 12.1 Å². The largest absolute Gasteiger partial charge is 0.508 e. The SMILES string of the molecule is O=C(O)C[C@@H](Cc1ccc(O)cc1)NC(=O)OCC1c2ccccc2-c2ccccc21. The number of fused-ring (bicyclic) bond motifs is 3. The van der Waals surface area contributed by atoms with Crippen LogP contribution in [0.15, 0.2) is 72.8 Å². The highest BCUT2D eigenvalue weighted by molar-refractivity contribution is 5.79. The van der Waals surface area contributed by atoms with E-state index in [4.69, 9.17) is 4.74 Å². The molecule has 0 aliphatic heterocycles. The van der Waals surface area contributed by atoms with Crippen molar-refractivity contribution in [2.75, 3.05) is 6.61 Å². The number of carbonyl (C=O) groups excluding carboxylic acids is 1. The molecular weight excluding hydrogens is 394 g/mol. The summed E-state index contributed by atoms with van der Waals surface area (Å²) in [4.78, 5) is 23.7. The third-order valence-corrected chi connectivity index (χ3v) is 5.51. The normalized spacial score (nSPS) is 13.2. The number of phenols is 1. The van der Waals surface area contributed by atoms with E-state index in [1.165, 1.54) is 12.1 Å². The topological polar surface area (TPSA) is 95.9 Å². The van der Waals surface area contributed by atoms with Crippen LogP contribution in [-0.2, 0) is 16.0 Å². The molecule has 158 valence electrons. The number of aliphatic carboxylic acids is 1. The van der Waals surface area contributed by atoms with Crippen LogP contribution < -0.4 is 5.32 Å². The Bertz CT molecular complexity index is 1050. The summed E-state index contributed by atoms with van der Waals surface area (Å²) in [6.07, 6.45) is -0.561. The van der Waals surface area contributed by atoms with Gasteiger partial charge in [0, 0.05) is 12.0 Å². The van der Waals surface area contributed by atoms with Gasteiger partial charge in [0.2, 0.25) is 0 Å². The van der Waals surface area contributed by atoms with Gasteiger partial charge in [-0.05, 0) is 46.4 Å². The summed E-state index contributed by atoms with van der Waals surface area (Å²) in [7, 11) is 0. The van der Waals surface area contributed by atoms with Gasteiger partial charge in [0.15, 0.2) is 0 Å². The Kier molecular flexibility index (Phi) is 5.89. The van der Waals surface area contributed by atoms with E-state index in [1.54, 1.807) is 12.1 Å². The number of aromatic hydroxyl groups is 1. The number of nitrogens with one attached hydrogen (secondary N) is 1. The molecule has 0 saturated heterocycles. The van der Waals surface area contributed by atoms with Gasteiger partial charge in [-0.25, -0.2) is 4.79 Å². The molecule has 0 fully saturated rings. The molecule has 6 heteroatoms. The minimum Gasteiger partial charge on any atom is -0.508 e. The molecule has 0 aromatic heterocycles. The van der Waals surface area contributed by atoms with Crippen molar-refractivity contribution in [2.45, 2.75) is 24.8 Å². The van der Waals surface area contributed by atoms with E-state index in [1.807, 2.05) is 36.4 Å². The van der Waals surface area contributed by atoms with Crippen molar-refractivity contribution in [1.82, 2.24) is 5.32 Å². The Morgan fingerprint density at radius 2 is 1.48 bits per heavy atom. The predicted octanol–water partition coefficient (Wildman–Crippen LogP) is 4.32. The molecule has 1 aliphatic rings. The van der Waals surface area contributed by atoms with Gasteiger partial charge in [-0.15, -0.1) is 0 Å². The number of carboxylic acid groups (broad SMARTS) is 1. The zero-order chi connectivity index (χ0) is 21.8. The summed E-state index contributed by atoms with van der Waals surface area (Å²) in [5.41, 5.74) is 5.32. The molecule has 31 heavy (non-hydrogen) atoms. The first-order valence-electron chi connectivity index (χ1n) is 10.1. The smallest absolute Gasteiger partial charge is 0.407 e. The van der Waals surface area contributed by atoms with Crippen LogP contribution >= 0.6 is 0 Å². The molecule has 0 bridgehead atoms. The van der Waals surface area contributed by atoms with Crippen LogP contribution in [0.1, 0.15) is 29.0 Å². The highest BCUT2D eigenvalue weighted by Crippen LogP contribution is 2.44. The molecule has 1 aliphatic carbocycles. The number of carboxylic acids is 1. The average molecular weight is 417 g/mol. The molecule has 6 nitrogen and oxygen atoms in total. The molecule has 0 spiro atoms. The number of rotatable bonds is 7. The highest BCUT2D eigenvalue weighted by Gasteiger charge is 2.29. The van der Waals surface area contributed by atoms with Crippen LogP contribution in [-0.4, -0.2) is 34.9 Å². The van der Waals surface area contributed by atoms with Crippen molar-refractivity contribution in [1.29, 1.82) is 0 Å². The van der Waals surface area contributed by atoms with Crippen molar-refractivity contribution < 1.29 is 24.5 Å². The second kappa shape index (κ2) is 8.92. The van der Waals surface area contributed by atoms with Crippen LogP contribution in [0.4, 0.5) is 4.79 Å². The van der Waals surface area contributed by atoms with Gasteiger partial charge in [-0.1, -0.05) is 60.7 Å². The maximum absolute atomic E-state index is 12.5. The van der Waals surface area contributed by atoms with Crippen LogP contribution in [0, 0.1) is 0 Å². The quantitative estimate of drug-likeness (QED) is 0.532. The Morgan fingerprint density at radius 3 is 2.06 bits per heavy atom. The van der Waals surface area contributed by atoms with Crippen LogP contribution in [0.3, 0.4) is 0 Å². The second-order valence-electron chi connectivity index (χ2n) is 7.64. The summed E-state index contributed by atoms with van der Waals surface area (Å²) in [6, 6.07) is 22.0. The van der Waals surface area contributed by atoms with E-state index in [-0.39, 0.29) is 24.7 Å². The first kappa shape index (κ1) is 20.5. The van der Waals surface area contributed by atoms with Gasteiger partial charge in [-0.3, -0.25) is 4.79 Å². The number of carbonyl (C=O) groups is 2. The van der Waals surface area contributed by atoms with E-state index >= 15 is 0 Å². The van der Waals surface area contributed by atoms with Crippen LogP contribution in [0.5, 0.6) is 5.75 Å². The van der Waals surface area contributed by atoms with E-state index in [2.05, 4.69) is 17.4 Å². The Balaban J connectivity index is 1.42. The number of hydrogen-bond donors (Lipinski definition) is 3. The zero-order valence-electron chi connectivity index (χ0n) is 16.8. The van der Waals surface area contributed by atoms with Crippen molar-refractivity contribution in [3.8, 4) is 16.9 Å². The second-order valence-corrected chi connectivity index (χ2v) is 7.64. The lowest BCUT2D eigenvalue weighted by Crippen LogP contribution is -2.39. The molecule has 0 saturated carbocycles. The number of hydrogen-bond acceptors (Lipinski definition) is 4. The third kappa shape index (κ3) is 4.69. The molecular formula is C25H23NO5. The van der Waals surface area contributed by atoms with Gasteiger partial charge in [0.05, 0.1) is 6.42 Å². The molecule has 4 rings (SSSR count). The monoisotopic (exact) mass is 417 g/mol. The molecule has 3 N–H and O–H groups in total. The van der Waals surface area contributed by atoms with E-state index < -0.39 is 18.1 Å². The lowest BCUT2D eigenvalue weighted by atomic mass is 9.98. The zero-order valence-corrected chi connectivity index (χ0v) is 16.8. The first-order chi connectivity index (χ1) is 15.0. The predicted molar refractivity (Wildman–Crippen MR) is 116 cm³/mol. The summed E-state index contributed by atoms with van der Waals surface area (Å²) in [5.74, 6) is -0.945. The fraction of sp³-hybridized carbons (Fsp3) is 0.200. The van der Waals surface area contributed by atoms with Gasteiger partial charge in [0.25, 0.3) is 0 Å². The van der Waals surface area contributed by atoms with Crippen molar-refractivity contribution in [2.24, 2.45) is 0 Å².